The molecule has 1 atom stereocenters. The van der Waals surface area contributed by atoms with Gasteiger partial charge < -0.3 is 15.5 Å². The van der Waals surface area contributed by atoms with Gasteiger partial charge in [0.25, 0.3) is 5.91 Å². The quantitative estimate of drug-likeness (QED) is 0.846. The Morgan fingerprint density at radius 3 is 2.60 bits per heavy atom. The molecule has 1 heterocycles. The van der Waals surface area contributed by atoms with Crippen LogP contribution in [-0.2, 0) is 0 Å². The minimum atomic E-state index is -0.464. The molecule has 0 aliphatic carbocycles. The van der Waals surface area contributed by atoms with E-state index < -0.39 is 5.82 Å². The molecule has 0 saturated heterocycles. The molecule has 1 aromatic heterocycles. The molecule has 1 unspecified atom stereocenters. The summed E-state index contributed by atoms with van der Waals surface area (Å²) in [7, 11) is 0. The van der Waals surface area contributed by atoms with E-state index in [2.05, 4.69) is 5.32 Å². The summed E-state index contributed by atoms with van der Waals surface area (Å²) < 4.78 is 18.4. The molecule has 2 rings (SSSR count). The van der Waals surface area contributed by atoms with Crippen molar-refractivity contribution in [3.8, 4) is 0 Å². The average Bonchev–Trinajstić information content (AvgIpc) is 2.68. The highest BCUT2D eigenvalue weighted by molar-refractivity contribution is 5.99. The summed E-state index contributed by atoms with van der Waals surface area (Å²) in [6.45, 7) is 5.55. The highest BCUT2D eigenvalue weighted by Gasteiger charge is 2.17. The summed E-state index contributed by atoms with van der Waals surface area (Å²) in [4.78, 5) is 12.1. The van der Waals surface area contributed by atoms with Gasteiger partial charge in [-0.25, -0.2) is 4.39 Å². The molecule has 0 saturated carbocycles. The number of carbonyl (C=O) groups is 1. The fourth-order valence-corrected chi connectivity index (χ4v) is 2.17. The van der Waals surface area contributed by atoms with Crippen molar-refractivity contribution in [1.82, 2.24) is 5.32 Å². The zero-order chi connectivity index (χ0) is 14.9. The highest BCUT2D eigenvalue weighted by atomic mass is 19.1. The van der Waals surface area contributed by atoms with E-state index in [9.17, 15) is 9.18 Å². The number of hydrogen-bond donors (Lipinski definition) is 2. The van der Waals surface area contributed by atoms with Crippen molar-refractivity contribution in [2.45, 2.75) is 26.8 Å². The lowest BCUT2D eigenvalue weighted by Crippen LogP contribution is -2.27. The molecule has 0 aliphatic rings. The van der Waals surface area contributed by atoms with Crippen molar-refractivity contribution in [3.05, 3.63) is 52.7 Å². The molecular weight excluding hydrogens is 259 g/mol. The SMILES string of the molecule is Cc1cc(C(C)NC(=O)c2ccc(F)cc2N)c(C)o1. The first-order valence-corrected chi connectivity index (χ1v) is 6.31. The molecule has 0 radical (unpaired) electrons. The lowest BCUT2D eigenvalue weighted by molar-refractivity contribution is 0.0940. The van der Waals surface area contributed by atoms with Crippen LogP contribution in [0.5, 0.6) is 0 Å². The third kappa shape index (κ3) is 2.82. The molecule has 20 heavy (non-hydrogen) atoms. The third-order valence-electron chi connectivity index (χ3n) is 3.15. The second kappa shape index (κ2) is 5.36. The number of anilines is 1. The van der Waals surface area contributed by atoms with Gasteiger partial charge in [0.05, 0.1) is 11.6 Å². The Kier molecular flexibility index (Phi) is 3.79. The summed E-state index contributed by atoms with van der Waals surface area (Å²) in [5.74, 6) is 0.754. The monoisotopic (exact) mass is 276 g/mol. The summed E-state index contributed by atoms with van der Waals surface area (Å²) >= 11 is 0. The van der Waals surface area contributed by atoms with Gasteiger partial charge in [0.2, 0.25) is 0 Å². The molecule has 5 heteroatoms. The lowest BCUT2D eigenvalue weighted by Gasteiger charge is -2.14. The summed E-state index contributed by atoms with van der Waals surface area (Å²) in [5.41, 5.74) is 6.95. The maximum Gasteiger partial charge on any atom is 0.253 e. The number of aryl methyl sites for hydroxylation is 2. The first-order valence-electron chi connectivity index (χ1n) is 6.31. The number of nitrogens with one attached hydrogen (secondary N) is 1. The zero-order valence-corrected chi connectivity index (χ0v) is 11.7. The highest BCUT2D eigenvalue weighted by Crippen LogP contribution is 2.22. The van der Waals surface area contributed by atoms with Crippen LogP contribution in [0.3, 0.4) is 0 Å². The van der Waals surface area contributed by atoms with Crippen molar-refractivity contribution in [2.24, 2.45) is 0 Å². The topological polar surface area (TPSA) is 68.3 Å². The van der Waals surface area contributed by atoms with E-state index in [0.29, 0.717) is 0 Å². The van der Waals surface area contributed by atoms with Crippen LogP contribution in [-0.4, -0.2) is 5.91 Å². The molecule has 0 bridgehead atoms. The van der Waals surface area contributed by atoms with E-state index in [-0.39, 0.29) is 23.2 Å². The van der Waals surface area contributed by atoms with Crippen molar-refractivity contribution < 1.29 is 13.6 Å². The van der Waals surface area contributed by atoms with E-state index in [1.807, 2.05) is 26.8 Å². The number of hydrogen-bond acceptors (Lipinski definition) is 3. The van der Waals surface area contributed by atoms with E-state index in [0.717, 1.165) is 23.2 Å². The number of benzene rings is 1. The standard InChI is InChI=1S/C15H17FN2O2/c1-8-6-13(10(3)20-8)9(2)18-15(19)12-5-4-11(16)7-14(12)17/h4-7,9H,17H2,1-3H3,(H,18,19). The smallest absolute Gasteiger partial charge is 0.253 e. The predicted octanol–water partition coefficient (Wildman–Crippen LogP) is 3.11. The van der Waals surface area contributed by atoms with Crippen LogP contribution in [0.25, 0.3) is 0 Å². The Morgan fingerprint density at radius 2 is 2.05 bits per heavy atom. The predicted molar refractivity (Wildman–Crippen MR) is 74.9 cm³/mol. The fraction of sp³-hybridized carbons (Fsp3) is 0.267. The Labute approximate surface area is 116 Å². The van der Waals surface area contributed by atoms with Crippen molar-refractivity contribution >= 4 is 11.6 Å². The maximum atomic E-state index is 13.0. The Hall–Kier alpha value is -2.30. The molecule has 1 amide bonds. The number of amides is 1. The van der Waals surface area contributed by atoms with E-state index in [4.69, 9.17) is 10.2 Å². The normalized spacial score (nSPS) is 12.2. The second-order valence-electron chi connectivity index (χ2n) is 4.80. The van der Waals surface area contributed by atoms with Gasteiger partial charge in [0, 0.05) is 11.3 Å². The Morgan fingerprint density at radius 1 is 1.35 bits per heavy atom. The summed E-state index contributed by atoms with van der Waals surface area (Å²) in [6.07, 6.45) is 0. The number of carbonyl (C=O) groups excluding carboxylic acids is 1. The van der Waals surface area contributed by atoms with Crippen LogP contribution in [0.1, 0.15) is 40.4 Å². The van der Waals surface area contributed by atoms with E-state index in [1.165, 1.54) is 12.1 Å². The number of furan rings is 1. The fourth-order valence-electron chi connectivity index (χ4n) is 2.17. The van der Waals surface area contributed by atoms with Crippen molar-refractivity contribution in [2.75, 3.05) is 5.73 Å². The van der Waals surface area contributed by atoms with Gasteiger partial charge >= 0.3 is 0 Å². The van der Waals surface area contributed by atoms with Crippen LogP contribution in [0, 0.1) is 19.7 Å². The van der Waals surface area contributed by atoms with Gasteiger partial charge in [-0.1, -0.05) is 0 Å². The molecule has 0 spiro atoms. The molecule has 0 fully saturated rings. The first kappa shape index (κ1) is 14.1. The van der Waals surface area contributed by atoms with E-state index >= 15 is 0 Å². The largest absolute Gasteiger partial charge is 0.466 e. The zero-order valence-electron chi connectivity index (χ0n) is 11.7. The maximum absolute atomic E-state index is 13.0. The van der Waals surface area contributed by atoms with Gasteiger partial charge in [-0.05, 0) is 45.0 Å². The summed E-state index contributed by atoms with van der Waals surface area (Å²) in [6, 6.07) is 5.38. The van der Waals surface area contributed by atoms with Crippen molar-refractivity contribution in [1.29, 1.82) is 0 Å². The minimum Gasteiger partial charge on any atom is -0.466 e. The lowest BCUT2D eigenvalue weighted by atomic mass is 10.1. The molecular formula is C15H17FN2O2. The van der Waals surface area contributed by atoms with Gasteiger partial charge in [-0.15, -0.1) is 0 Å². The van der Waals surface area contributed by atoms with Crippen molar-refractivity contribution in [3.63, 3.8) is 0 Å². The number of halogens is 1. The van der Waals surface area contributed by atoms with Crippen LogP contribution < -0.4 is 11.1 Å². The van der Waals surface area contributed by atoms with Gasteiger partial charge in [0.1, 0.15) is 17.3 Å². The van der Waals surface area contributed by atoms with Crippen LogP contribution in [0.2, 0.25) is 0 Å². The molecule has 4 nitrogen and oxygen atoms in total. The molecule has 0 aliphatic heterocycles. The van der Waals surface area contributed by atoms with Gasteiger partial charge in [0.15, 0.2) is 0 Å². The molecule has 2 aromatic rings. The summed E-state index contributed by atoms with van der Waals surface area (Å²) in [5, 5.41) is 2.83. The minimum absolute atomic E-state index is 0.120. The van der Waals surface area contributed by atoms with Crippen LogP contribution >= 0.6 is 0 Å². The number of rotatable bonds is 3. The number of nitrogen functional groups attached to an aromatic ring is 1. The van der Waals surface area contributed by atoms with Gasteiger partial charge in [-0.3, -0.25) is 4.79 Å². The Bertz CT molecular complexity index is 649. The molecule has 3 N–H and O–H groups in total. The van der Waals surface area contributed by atoms with Crippen LogP contribution in [0.15, 0.2) is 28.7 Å². The second-order valence-corrected chi connectivity index (χ2v) is 4.80. The Balaban J connectivity index is 2.17. The van der Waals surface area contributed by atoms with Crippen LogP contribution in [0.4, 0.5) is 10.1 Å². The first-order chi connectivity index (χ1) is 9.38. The number of nitrogens with two attached hydrogens (primary N) is 1. The average molecular weight is 276 g/mol. The van der Waals surface area contributed by atoms with Gasteiger partial charge in [-0.2, -0.15) is 0 Å². The molecule has 1 aromatic carbocycles. The third-order valence-corrected chi connectivity index (χ3v) is 3.15. The van der Waals surface area contributed by atoms with E-state index in [1.54, 1.807) is 0 Å². The molecule has 106 valence electrons.